The first kappa shape index (κ1) is 24.1. The summed E-state index contributed by atoms with van der Waals surface area (Å²) in [5.74, 6) is -3.32. The van der Waals surface area contributed by atoms with E-state index < -0.39 is 29.6 Å². The number of halogens is 1. The normalized spacial score (nSPS) is 16.6. The van der Waals surface area contributed by atoms with Crippen LogP contribution in [0.4, 0.5) is 0 Å². The van der Waals surface area contributed by atoms with Gasteiger partial charge in [0, 0.05) is 36.9 Å². The minimum absolute atomic E-state index is 0.317. The van der Waals surface area contributed by atoms with Crippen molar-refractivity contribution in [2.45, 2.75) is 32.5 Å². The van der Waals surface area contributed by atoms with Crippen LogP contribution in [0.15, 0.2) is 55.3 Å². The molecule has 1 aromatic heterocycles. The molecule has 0 unspecified atom stereocenters. The van der Waals surface area contributed by atoms with Crippen LogP contribution in [-0.4, -0.2) is 35.9 Å². The Balaban J connectivity index is 1.91. The van der Waals surface area contributed by atoms with Crippen LogP contribution < -0.4 is 9.47 Å². The number of aromatic amines is 1. The van der Waals surface area contributed by atoms with Crippen molar-refractivity contribution in [2.75, 3.05) is 13.2 Å². The molecule has 8 heteroatoms. The molecule has 0 spiro atoms. The molecule has 1 fully saturated rings. The third-order valence-corrected chi connectivity index (χ3v) is 6.33. The molecule has 3 aromatic rings. The molecule has 1 aliphatic rings. The van der Waals surface area contributed by atoms with E-state index in [0.29, 0.717) is 30.3 Å². The molecule has 7 nitrogen and oxygen atoms in total. The molecule has 2 heterocycles. The summed E-state index contributed by atoms with van der Waals surface area (Å²) in [6.07, 6.45) is 3.48. The lowest BCUT2D eigenvalue weighted by Gasteiger charge is -2.36. The highest BCUT2D eigenvalue weighted by Gasteiger charge is 2.49. The average molecular weight is 575 g/mol. The minimum Gasteiger partial charge on any atom is -0.490 e. The first-order chi connectivity index (χ1) is 16.3. The van der Waals surface area contributed by atoms with Gasteiger partial charge in [0.05, 0.1) is 10.2 Å². The van der Waals surface area contributed by atoms with E-state index in [-0.39, 0.29) is 0 Å². The van der Waals surface area contributed by atoms with E-state index in [1.807, 2.05) is 49.5 Å². The fourth-order valence-corrected chi connectivity index (χ4v) is 5.00. The summed E-state index contributed by atoms with van der Waals surface area (Å²) in [6, 6.07) is 11.4. The average Bonchev–Trinajstić information content (AvgIpc) is 3.19. The monoisotopic (exact) mass is 575 g/mol. The second kappa shape index (κ2) is 9.69. The van der Waals surface area contributed by atoms with Gasteiger partial charge in [0.2, 0.25) is 0 Å². The summed E-state index contributed by atoms with van der Waals surface area (Å²) in [4.78, 5) is 29.6. The van der Waals surface area contributed by atoms with Crippen molar-refractivity contribution >= 4 is 45.4 Å². The SMILES string of the molecule is C=CCOc1c(I)cc([C@@H](c2c[nH]c3ccccc23)C2C(=O)OC(C)(C)OC2=O)cc1OCC. The van der Waals surface area contributed by atoms with Crippen LogP contribution >= 0.6 is 22.6 Å². The number of carbonyl (C=O) groups excluding carboxylic acids is 2. The van der Waals surface area contributed by atoms with Gasteiger partial charge in [0.1, 0.15) is 6.61 Å². The maximum atomic E-state index is 13.2. The Morgan fingerprint density at radius 3 is 2.56 bits per heavy atom. The van der Waals surface area contributed by atoms with Gasteiger partial charge in [-0.15, -0.1) is 0 Å². The third kappa shape index (κ3) is 4.64. The molecule has 34 heavy (non-hydrogen) atoms. The number of H-pyrrole nitrogens is 1. The molecular weight excluding hydrogens is 549 g/mol. The molecule has 4 rings (SSSR count). The number of hydrogen-bond donors (Lipinski definition) is 1. The van der Waals surface area contributed by atoms with Gasteiger partial charge in [-0.1, -0.05) is 30.9 Å². The number of aromatic nitrogens is 1. The quantitative estimate of drug-likeness (QED) is 0.169. The second-order valence-electron chi connectivity index (χ2n) is 8.35. The maximum absolute atomic E-state index is 13.2. The lowest BCUT2D eigenvalue weighted by molar-refractivity contribution is -0.240. The number of esters is 2. The van der Waals surface area contributed by atoms with Gasteiger partial charge in [0.15, 0.2) is 17.4 Å². The Labute approximate surface area is 211 Å². The molecule has 1 saturated heterocycles. The summed E-state index contributed by atoms with van der Waals surface area (Å²) >= 11 is 2.17. The number of hydrogen-bond acceptors (Lipinski definition) is 6. The van der Waals surface area contributed by atoms with Crippen LogP contribution in [0.3, 0.4) is 0 Å². The lowest BCUT2D eigenvalue weighted by atomic mass is 9.80. The molecule has 0 amide bonds. The second-order valence-corrected chi connectivity index (χ2v) is 9.51. The zero-order chi connectivity index (χ0) is 24.5. The van der Waals surface area contributed by atoms with Crippen molar-refractivity contribution in [1.29, 1.82) is 0 Å². The Kier molecular flexibility index (Phi) is 6.88. The maximum Gasteiger partial charge on any atom is 0.324 e. The topological polar surface area (TPSA) is 86.9 Å². The summed E-state index contributed by atoms with van der Waals surface area (Å²) < 4.78 is 23.5. The fraction of sp³-hybridized carbons (Fsp3) is 0.308. The minimum atomic E-state index is -1.32. The molecule has 0 saturated carbocycles. The first-order valence-corrected chi connectivity index (χ1v) is 12.0. The summed E-state index contributed by atoms with van der Waals surface area (Å²) in [6.45, 7) is 9.41. The van der Waals surface area contributed by atoms with Crippen LogP contribution in [0.2, 0.25) is 0 Å². The highest BCUT2D eigenvalue weighted by Crippen LogP contribution is 2.44. The lowest BCUT2D eigenvalue weighted by Crippen LogP contribution is -2.48. The van der Waals surface area contributed by atoms with Gasteiger partial charge < -0.3 is 23.9 Å². The number of nitrogens with one attached hydrogen (secondary N) is 1. The zero-order valence-corrected chi connectivity index (χ0v) is 21.4. The molecule has 2 aromatic carbocycles. The van der Waals surface area contributed by atoms with Gasteiger partial charge in [-0.05, 0) is 58.8 Å². The molecular formula is C26H26INO6. The highest BCUT2D eigenvalue weighted by atomic mass is 127. The number of benzene rings is 2. The van der Waals surface area contributed by atoms with E-state index in [1.165, 1.54) is 0 Å². The van der Waals surface area contributed by atoms with Crippen LogP contribution in [-0.2, 0) is 19.1 Å². The van der Waals surface area contributed by atoms with Gasteiger partial charge in [-0.3, -0.25) is 9.59 Å². The molecule has 0 bridgehead atoms. The summed E-state index contributed by atoms with van der Waals surface area (Å²) in [7, 11) is 0. The van der Waals surface area contributed by atoms with Crippen molar-refractivity contribution < 1.29 is 28.5 Å². The smallest absolute Gasteiger partial charge is 0.324 e. The van der Waals surface area contributed by atoms with Gasteiger partial charge >= 0.3 is 11.9 Å². The Hall–Kier alpha value is -3.01. The Morgan fingerprint density at radius 1 is 1.18 bits per heavy atom. The zero-order valence-electron chi connectivity index (χ0n) is 19.2. The highest BCUT2D eigenvalue weighted by molar-refractivity contribution is 14.1. The van der Waals surface area contributed by atoms with E-state index in [4.69, 9.17) is 18.9 Å². The van der Waals surface area contributed by atoms with Crippen LogP contribution in [0.5, 0.6) is 11.5 Å². The molecule has 1 N–H and O–H groups in total. The molecule has 1 atom stereocenters. The first-order valence-electron chi connectivity index (χ1n) is 11.0. The Bertz CT molecular complexity index is 1230. The van der Waals surface area contributed by atoms with Gasteiger partial charge in [-0.25, -0.2) is 0 Å². The predicted octanol–water partition coefficient (Wildman–Crippen LogP) is 5.32. The fourth-order valence-electron chi connectivity index (χ4n) is 4.22. The van der Waals surface area contributed by atoms with E-state index in [1.54, 1.807) is 19.9 Å². The molecule has 0 aliphatic carbocycles. The molecule has 178 valence electrons. The number of ether oxygens (including phenoxy) is 4. The van der Waals surface area contributed by atoms with Crippen molar-refractivity contribution in [3.8, 4) is 11.5 Å². The predicted molar refractivity (Wildman–Crippen MR) is 136 cm³/mol. The standard InChI is InChI=1S/C26H26INO6/c1-5-11-32-23-18(27)12-15(13-20(23)31-6-2)21(17-14-28-19-10-8-7-9-16(17)19)22-24(29)33-26(3,4)34-25(22)30/h5,7-10,12-14,21-22,28H,1,6,11H2,2-4H3/t21-/m0/s1. The third-order valence-electron chi connectivity index (χ3n) is 5.53. The van der Waals surface area contributed by atoms with Crippen LogP contribution in [0.25, 0.3) is 10.9 Å². The molecule has 0 radical (unpaired) electrons. The van der Waals surface area contributed by atoms with Crippen LogP contribution in [0, 0.1) is 9.49 Å². The van der Waals surface area contributed by atoms with Crippen molar-refractivity contribution in [1.82, 2.24) is 4.98 Å². The number of fused-ring (bicyclic) bond motifs is 1. The van der Waals surface area contributed by atoms with Crippen molar-refractivity contribution in [3.05, 3.63) is 69.9 Å². The largest absolute Gasteiger partial charge is 0.490 e. The van der Waals surface area contributed by atoms with Crippen molar-refractivity contribution in [3.63, 3.8) is 0 Å². The number of cyclic esters (lactones) is 2. The number of carbonyl (C=O) groups is 2. The van der Waals surface area contributed by atoms with E-state index in [2.05, 4.69) is 34.2 Å². The number of rotatable bonds is 8. The molecule has 1 aliphatic heterocycles. The van der Waals surface area contributed by atoms with E-state index >= 15 is 0 Å². The van der Waals surface area contributed by atoms with E-state index in [9.17, 15) is 9.59 Å². The Morgan fingerprint density at radius 2 is 1.88 bits per heavy atom. The van der Waals surface area contributed by atoms with Gasteiger partial charge in [-0.2, -0.15) is 0 Å². The van der Waals surface area contributed by atoms with Gasteiger partial charge in [0.25, 0.3) is 5.79 Å². The summed E-state index contributed by atoms with van der Waals surface area (Å²) in [5, 5.41) is 0.901. The summed E-state index contributed by atoms with van der Waals surface area (Å²) in [5.41, 5.74) is 2.39. The van der Waals surface area contributed by atoms with E-state index in [0.717, 1.165) is 20.0 Å². The van der Waals surface area contributed by atoms with Crippen LogP contribution in [0.1, 0.15) is 37.8 Å². The van der Waals surface area contributed by atoms with Crippen molar-refractivity contribution in [2.24, 2.45) is 5.92 Å². The number of para-hydroxylation sites is 1.